The molecule has 4 aromatic heterocycles. The molecule has 4 aromatic carbocycles. The van der Waals surface area contributed by atoms with Crippen LogP contribution in [0.1, 0.15) is 189 Å². The number of aromatic carboxylic acids is 1. The summed E-state index contributed by atoms with van der Waals surface area (Å²) >= 11 is 4.37. The number of nitriles is 1. The van der Waals surface area contributed by atoms with Crippen molar-refractivity contribution < 1.29 is 144 Å². The van der Waals surface area contributed by atoms with Gasteiger partial charge in [0.1, 0.15) is 62.6 Å². The van der Waals surface area contributed by atoms with Crippen molar-refractivity contribution in [2.45, 2.75) is 160 Å². The van der Waals surface area contributed by atoms with Crippen LogP contribution in [0.15, 0.2) is 138 Å². The van der Waals surface area contributed by atoms with Gasteiger partial charge in [0.05, 0.1) is 42.2 Å². The zero-order valence-electron chi connectivity index (χ0n) is 56.7. The van der Waals surface area contributed by atoms with Gasteiger partial charge in [0, 0.05) is 17.6 Å². The van der Waals surface area contributed by atoms with Crippen molar-refractivity contribution >= 4 is 136 Å². The molecule has 0 amide bonds. The number of rotatable bonds is 18. The Labute approximate surface area is 662 Å². The van der Waals surface area contributed by atoms with Crippen LogP contribution in [0.25, 0.3) is 4.72 Å². The Morgan fingerprint density at radius 1 is 0.544 bits per heavy atom. The number of benzene rings is 4. The summed E-state index contributed by atoms with van der Waals surface area (Å²) in [5.74, 6) is -4.15. The number of carboxylic acid groups (broad SMARTS) is 1. The predicted octanol–water partition coefficient (Wildman–Crippen LogP) is 11.0. The average Bonchev–Trinajstić information content (AvgIpc) is 1.77. The van der Waals surface area contributed by atoms with E-state index in [1.165, 1.54) is 105 Å². The Bertz CT molecular complexity index is 4710. The number of carbonyl (C=O) groups excluding carboxylic acids is 2. The second-order valence-electron chi connectivity index (χ2n) is 23.3. The molecule has 35 heteroatoms. The second-order valence-corrected chi connectivity index (χ2v) is 34.5. The third kappa shape index (κ3) is 24.5. The van der Waals surface area contributed by atoms with Crippen LogP contribution in [0.4, 0.5) is 40.3 Å². The molecule has 0 radical (unpaired) electrons. The van der Waals surface area contributed by atoms with E-state index in [4.69, 9.17) is 26.8 Å². The molecule has 5 N–H and O–H groups in total. The van der Waals surface area contributed by atoms with Gasteiger partial charge in [0.25, 0.3) is 29.1 Å². The molecule has 4 saturated carbocycles. The third-order valence-corrected chi connectivity index (χ3v) is 25.8. The van der Waals surface area contributed by atoms with Crippen molar-refractivity contribution in [3.05, 3.63) is 188 Å². The monoisotopic (exact) mass is 1610 g/mol. The van der Waals surface area contributed by atoms with E-state index in [1.54, 1.807) is 52.5 Å². The number of hydrogen-bond donors (Lipinski definition) is 4. The molecule has 0 spiro atoms. The number of carbonyl (C=O) groups is 3. The first-order chi connectivity index (χ1) is 48.0. The van der Waals surface area contributed by atoms with Gasteiger partial charge in [-0.05, 0) is 190 Å². The van der Waals surface area contributed by atoms with E-state index in [0.717, 1.165) is 159 Å². The molecular weight excluding hydrogens is 1540 g/mol. The predicted molar refractivity (Wildman–Crippen MR) is 382 cm³/mol. The molecule has 544 valence electrons. The third-order valence-electron chi connectivity index (χ3n) is 16.8. The van der Waals surface area contributed by atoms with Crippen molar-refractivity contribution in [3.63, 3.8) is 0 Å². The van der Waals surface area contributed by atoms with Gasteiger partial charge in [-0.3, -0.25) is 9.44 Å². The number of thiophene rings is 4. The SMILES string of the molecule is CC#N.COC(=O)c1sccc1N.COC(=O)c1sccc1NS(=O)(=O)c1ccc(C2CCCC2)cc1F.O=C(O)c1sccc1NS(=O)(=O)c1ccc(C2CCCC2)cc1F.O=S(=O)(Cl)c1ccc(C2CCCC2)cc1F.O=S(=O)([N-]c1ccsc1C[O-])c1ccc(C2CCCC2)cc1F.[Na+].[Na+]. The fourth-order valence-electron chi connectivity index (χ4n) is 11.8. The number of halogens is 5. The zero-order valence-corrected chi connectivity index (χ0v) is 68.0. The number of esters is 2. The number of sulfonamides is 3. The summed E-state index contributed by atoms with van der Waals surface area (Å²) in [6.45, 7) is 0.884. The number of carboxylic acids is 1. The van der Waals surface area contributed by atoms with E-state index in [1.807, 2.05) is 0 Å². The van der Waals surface area contributed by atoms with Gasteiger partial charge in [0.2, 0.25) is 0 Å². The largest absolute Gasteiger partial charge is 1.00 e. The average molecular weight is 1610 g/mol. The Balaban J connectivity index is 0.000000234. The number of nitrogen functional groups attached to an aromatic ring is 1. The maximum absolute atomic E-state index is 14.4. The molecule has 8 aromatic rings. The fourth-order valence-corrected chi connectivity index (χ4v) is 19.1. The molecule has 4 fully saturated rings. The topological polar surface area (TPSA) is 337 Å². The van der Waals surface area contributed by atoms with Crippen LogP contribution >= 0.6 is 56.0 Å². The van der Waals surface area contributed by atoms with Crippen LogP contribution in [0, 0.1) is 34.6 Å². The molecule has 12 rings (SSSR count). The van der Waals surface area contributed by atoms with Crippen molar-refractivity contribution in [2.75, 3.05) is 29.4 Å². The van der Waals surface area contributed by atoms with E-state index in [0.29, 0.717) is 33.2 Å². The van der Waals surface area contributed by atoms with Gasteiger partial charge < -0.3 is 30.1 Å². The Kier molecular flexibility index (Phi) is 35.1. The first-order valence-corrected chi connectivity index (χ1v) is 41.7. The first kappa shape index (κ1) is 88.2. The molecule has 0 saturated heterocycles. The smallest absolute Gasteiger partial charge is 0.851 e. The summed E-state index contributed by atoms with van der Waals surface area (Å²) in [6, 6.07) is 24.6. The molecule has 20 nitrogen and oxygen atoms in total. The van der Waals surface area contributed by atoms with Gasteiger partial charge >= 0.3 is 77.0 Å². The maximum Gasteiger partial charge on any atom is 1.00 e. The molecule has 4 heterocycles. The van der Waals surface area contributed by atoms with Crippen molar-refractivity contribution in [3.8, 4) is 6.07 Å². The van der Waals surface area contributed by atoms with Crippen LogP contribution in [-0.4, -0.2) is 70.9 Å². The molecule has 4 aliphatic rings. The number of ether oxygens (including phenoxy) is 2. The molecule has 0 unspecified atom stereocenters. The number of hydrogen-bond acceptors (Lipinski definition) is 20. The Morgan fingerprint density at radius 2 is 0.864 bits per heavy atom. The molecule has 4 aliphatic carbocycles. The molecule has 0 atom stereocenters. The van der Waals surface area contributed by atoms with Crippen molar-refractivity contribution in [2.24, 2.45) is 0 Å². The number of nitrogens with one attached hydrogen (secondary N) is 2. The van der Waals surface area contributed by atoms with Gasteiger partial charge in [-0.1, -0.05) is 81.7 Å². The van der Waals surface area contributed by atoms with Crippen molar-refractivity contribution in [1.82, 2.24) is 0 Å². The van der Waals surface area contributed by atoms with E-state index in [2.05, 4.69) is 23.6 Å². The summed E-state index contributed by atoms with van der Waals surface area (Å²) in [7, 11) is -8.83. The molecule has 103 heavy (non-hydrogen) atoms. The van der Waals surface area contributed by atoms with Gasteiger partial charge in [-0.25, -0.2) is 65.6 Å². The number of nitrogens with zero attached hydrogens (tertiary/aromatic N) is 2. The van der Waals surface area contributed by atoms with Crippen LogP contribution in [0.3, 0.4) is 0 Å². The van der Waals surface area contributed by atoms with Gasteiger partial charge in [0.15, 0.2) is 0 Å². The van der Waals surface area contributed by atoms with Crippen molar-refractivity contribution in [1.29, 1.82) is 5.26 Å². The quantitative estimate of drug-likeness (QED) is 0.0268. The molecule has 0 aliphatic heterocycles. The Hall–Kier alpha value is -5.45. The number of methoxy groups -OCH3 is 2. The molecule has 0 bridgehead atoms. The normalized spacial score (nSPS) is 14.6. The van der Waals surface area contributed by atoms with Gasteiger partial charge in [-0.15, -0.1) is 46.3 Å². The Morgan fingerprint density at radius 3 is 1.19 bits per heavy atom. The minimum absolute atomic E-state index is 0. The summed E-state index contributed by atoms with van der Waals surface area (Å²) in [5, 5.41) is 33.7. The number of anilines is 3. The van der Waals surface area contributed by atoms with Gasteiger partial charge in [-0.2, -0.15) is 16.6 Å². The number of nitrogens with two attached hydrogens (primary N) is 1. The minimum Gasteiger partial charge on any atom is -0.851 e. The summed E-state index contributed by atoms with van der Waals surface area (Å²) in [5.41, 5.74) is 9.39. The van der Waals surface area contributed by atoms with E-state index in [-0.39, 0.29) is 97.8 Å². The van der Waals surface area contributed by atoms with Crippen LogP contribution in [0.5, 0.6) is 0 Å². The van der Waals surface area contributed by atoms with E-state index < -0.39 is 101 Å². The maximum atomic E-state index is 14.4. The minimum atomic E-state index is -4.19. The standard InChI is InChI=1S/C17H18FNO4S2.C16H16FNO4S2.C16H16FNO3S2.C11H12ClFO2S.C6H7NO2S.C2H3N.2Na/c1-23-17(20)16-14(8-9-24-16)19-25(21,22)15-7-6-12(10-13(15)18)11-4-2-3-5-11;17-12-9-11(10-3-1-2-4-10)5-6-14(12)24(21,22)18-13-7-8-23-15(13)16(19)20;17-13-9-12(11-3-1-2-4-11)5-6-16(13)23(20,21)18-14-7-8-22-15(14)10-19;12-16(14,15)11-6-5-9(7-10(11)13)8-3-1-2-4-8;1-9-6(8)5-4(7)2-3-10-5;1-2-3;;/h6-11,19H,2-5H2,1H3;5-10,18H,1-4H2,(H,19,20);5-9,11H,1-4,10H2;5-8H,1-4H2;2-3H,7H2,1H3;1H3;;/q;;-2;;;;2*+1. The summed E-state index contributed by atoms with van der Waals surface area (Å²) in [4.78, 5) is 32.5. The van der Waals surface area contributed by atoms with Crippen LogP contribution < -0.4 is 79.4 Å². The summed E-state index contributed by atoms with van der Waals surface area (Å²) in [6.07, 6.45) is 17.1. The summed E-state index contributed by atoms with van der Waals surface area (Å²) < 4.78 is 170. The first-order valence-electron chi connectivity index (χ1n) is 31.5. The van der Waals surface area contributed by atoms with E-state index in [9.17, 15) is 70.7 Å². The fraction of sp³-hybridized carbons (Fsp3) is 0.353. The van der Waals surface area contributed by atoms with E-state index >= 15 is 0 Å². The van der Waals surface area contributed by atoms with Crippen LogP contribution in [-0.2, 0) is 55.2 Å². The second kappa shape index (κ2) is 41.0. The molecular formula is C68H72ClF4N5Na2O15S8. The van der Waals surface area contributed by atoms with Crippen LogP contribution in [0.2, 0.25) is 0 Å². The zero-order chi connectivity index (χ0) is 73.8.